The highest BCUT2D eigenvalue weighted by Crippen LogP contribution is 2.12. The summed E-state index contributed by atoms with van der Waals surface area (Å²) in [6, 6.07) is 7.60. The van der Waals surface area contributed by atoms with Crippen molar-refractivity contribution in [3.05, 3.63) is 36.9 Å². The minimum atomic E-state index is 0.220. The van der Waals surface area contributed by atoms with Gasteiger partial charge in [0.1, 0.15) is 18.6 Å². The third kappa shape index (κ3) is 3.28. The molecule has 2 nitrogen and oxygen atoms in total. The van der Waals surface area contributed by atoms with E-state index in [4.69, 9.17) is 4.74 Å². The molecular weight excluding hydrogens is 164 g/mol. The molecule has 69 valence electrons. The van der Waals surface area contributed by atoms with Gasteiger partial charge in [0, 0.05) is 6.42 Å². The summed E-state index contributed by atoms with van der Waals surface area (Å²) in [5.41, 5.74) is 1.15. The van der Waals surface area contributed by atoms with Crippen LogP contribution in [0.5, 0.6) is 5.75 Å². The molecule has 0 aliphatic rings. The van der Waals surface area contributed by atoms with Crippen LogP contribution in [-0.2, 0) is 11.2 Å². The van der Waals surface area contributed by atoms with Crippen LogP contribution in [-0.4, -0.2) is 5.78 Å². The molecule has 0 N–H and O–H groups in total. The largest absolute Gasteiger partial charge is 0.490 e. The maximum Gasteiger partial charge on any atom is 0.130 e. The molecule has 13 heavy (non-hydrogen) atoms. The summed E-state index contributed by atoms with van der Waals surface area (Å²) < 4.78 is 4.78. The second-order valence-corrected chi connectivity index (χ2v) is 2.99. The molecule has 1 aromatic rings. The van der Waals surface area contributed by atoms with Crippen molar-refractivity contribution in [2.75, 3.05) is 0 Å². The highest BCUT2D eigenvalue weighted by atomic mass is 16.5. The number of carbonyl (C=O) groups excluding carboxylic acids is 1. The van der Waals surface area contributed by atoms with Crippen LogP contribution >= 0.6 is 0 Å². The summed E-state index contributed by atoms with van der Waals surface area (Å²) in [5, 5.41) is 0. The third-order valence-electron chi connectivity index (χ3n) is 1.86. The Bertz CT molecular complexity index is 275. The minimum Gasteiger partial charge on any atom is -0.490 e. The number of carbonyl (C=O) groups is 1. The number of Topliss-reactive ketones (excluding diaryl/α,β-unsaturated/α-hetero) is 1. The predicted molar refractivity (Wildman–Crippen MR) is 51.4 cm³/mol. The van der Waals surface area contributed by atoms with E-state index in [1.54, 1.807) is 6.92 Å². The zero-order valence-corrected chi connectivity index (χ0v) is 7.75. The van der Waals surface area contributed by atoms with Crippen molar-refractivity contribution in [2.45, 2.75) is 19.8 Å². The van der Waals surface area contributed by atoms with E-state index >= 15 is 0 Å². The molecule has 0 bridgehead atoms. The van der Waals surface area contributed by atoms with Crippen LogP contribution in [0.4, 0.5) is 0 Å². The van der Waals surface area contributed by atoms with Crippen LogP contribution in [0.15, 0.2) is 24.3 Å². The third-order valence-corrected chi connectivity index (χ3v) is 1.86. The fraction of sp³-hybridized carbons (Fsp3) is 0.273. The molecule has 1 rings (SSSR count). The molecule has 0 atom stereocenters. The first-order valence-corrected chi connectivity index (χ1v) is 4.23. The minimum absolute atomic E-state index is 0.220. The van der Waals surface area contributed by atoms with Crippen molar-refractivity contribution in [1.82, 2.24) is 0 Å². The lowest BCUT2D eigenvalue weighted by Crippen LogP contribution is -1.93. The Balaban J connectivity index is 2.54. The van der Waals surface area contributed by atoms with E-state index in [0.717, 1.165) is 17.7 Å². The fourth-order valence-corrected chi connectivity index (χ4v) is 1.07. The van der Waals surface area contributed by atoms with E-state index in [1.165, 1.54) is 0 Å². The predicted octanol–water partition coefficient (Wildman–Crippen LogP) is 2.38. The summed E-state index contributed by atoms with van der Waals surface area (Å²) in [6.45, 7) is 1.60. The first-order chi connectivity index (χ1) is 6.22. The van der Waals surface area contributed by atoms with E-state index < -0.39 is 0 Å². The Morgan fingerprint density at radius 3 is 2.46 bits per heavy atom. The zero-order chi connectivity index (χ0) is 9.68. The quantitative estimate of drug-likeness (QED) is 0.705. The van der Waals surface area contributed by atoms with Gasteiger partial charge in [0.2, 0.25) is 0 Å². The van der Waals surface area contributed by atoms with Crippen molar-refractivity contribution in [1.29, 1.82) is 0 Å². The maximum atomic E-state index is 10.7. The van der Waals surface area contributed by atoms with Crippen LogP contribution in [0, 0.1) is 7.11 Å². The Hall–Kier alpha value is -1.31. The summed E-state index contributed by atoms with van der Waals surface area (Å²) >= 11 is 0. The Kier molecular flexibility index (Phi) is 3.50. The van der Waals surface area contributed by atoms with Gasteiger partial charge in [-0.2, -0.15) is 0 Å². The molecule has 0 aromatic heterocycles. The molecular formula is C11H13O2. The molecule has 0 aliphatic carbocycles. The van der Waals surface area contributed by atoms with Crippen molar-refractivity contribution < 1.29 is 9.53 Å². The highest BCUT2D eigenvalue weighted by molar-refractivity contribution is 5.75. The maximum absolute atomic E-state index is 10.7. The summed E-state index contributed by atoms with van der Waals surface area (Å²) in [7, 11) is 3.31. The molecule has 1 radical (unpaired) electrons. The van der Waals surface area contributed by atoms with E-state index in [0.29, 0.717) is 6.42 Å². The Morgan fingerprint density at radius 2 is 2.00 bits per heavy atom. The van der Waals surface area contributed by atoms with E-state index in [9.17, 15) is 4.79 Å². The lowest BCUT2D eigenvalue weighted by atomic mass is 10.1. The van der Waals surface area contributed by atoms with Crippen LogP contribution < -0.4 is 4.74 Å². The van der Waals surface area contributed by atoms with E-state index in [1.807, 2.05) is 24.3 Å². The van der Waals surface area contributed by atoms with Gasteiger partial charge in [-0.3, -0.25) is 0 Å². The number of rotatable bonds is 4. The normalized spacial score (nSPS) is 9.69. The molecule has 0 fully saturated rings. The molecule has 0 aliphatic heterocycles. The monoisotopic (exact) mass is 177 g/mol. The van der Waals surface area contributed by atoms with Crippen molar-refractivity contribution in [2.24, 2.45) is 0 Å². The molecule has 0 heterocycles. The first-order valence-electron chi connectivity index (χ1n) is 4.23. The molecule has 2 heteroatoms. The number of ketones is 1. The van der Waals surface area contributed by atoms with Gasteiger partial charge >= 0.3 is 0 Å². The molecule has 0 amide bonds. The van der Waals surface area contributed by atoms with Crippen molar-refractivity contribution in [3.8, 4) is 5.75 Å². The summed E-state index contributed by atoms with van der Waals surface area (Å²) in [5.74, 6) is 0.962. The van der Waals surface area contributed by atoms with Crippen LogP contribution in [0.3, 0.4) is 0 Å². The van der Waals surface area contributed by atoms with Gasteiger partial charge in [-0.25, -0.2) is 0 Å². The first kappa shape index (κ1) is 9.78. The van der Waals surface area contributed by atoms with Gasteiger partial charge in [-0.15, -0.1) is 0 Å². The topological polar surface area (TPSA) is 26.3 Å². The van der Waals surface area contributed by atoms with Gasteiger partial charge in [0.15, 0.2) is 0 Å². The number of benzene rings is 1. The second kappa shape index (κ2) is 4.65. The molecule has 1 aromatic carbocycles. The van der Waals surface area contributed by atoms with Crippen molar-refractivity contribution in [3.63, 3.8) is 0 Å². The second-order valence-electron chi connectivity index (χ2n) is 2.99. The van der Waals surface area contributed by atoms with Gasteiger partial charge < -0.3 is 9.53 Å². The summed E-state index contributed by atoms with van der Waals surface area (Å²) in [4.78, 5) is 10.7. The standard InChI is InChI=1S/C11H13O2/c1-9(12)3-4-10-5-7-11(13-2)8-6-10/h5-8H,2-4H2,1H3. The molecule has 0 spiro atoms. The SMILES string of the molecule is [CH2]Oc1ccc(CCC(C)=O)cc1. The Labute approximate surface area is 78.5 Å². The number of hydrogen-bond donors (Lipinski definition) is 0. The fourth-order valence-electron chi connectivity index (χ4n) is 1.07. The van der Waals surface area contributed by atoms with Crippen LogP contribution in [0.2, 0.25) is 0 Å². The van der Waals surface area contributed by atoms with Crippen molar-refractivity contribution >= 4 is 5.78 Å². The average Bonchev–Trinajstić information content (AvgIpc) is 2.15. The summed E-state index contributed by atoms with van der Waals surface area (Å²) in [6.07, 6.45) is 1.40. The Morgan fingerprint density at radius 1 is 1.38 bits per heavy atom. The van der Waals surface area contributed by atoms with E-state index in [2.05, 4.69) is 7.11 Å². The van der Waals surface area contributed by atoms with Gasteiger partial charge in [-0.05, 0) is 31.0 Å². The van der Waals surface area contributed by atoms with E-state index in [-0.39, 0.29) is 5.78 Å². The zero-order valence-electron chi connectivity index (χ0n) is 7.75. The van der Waals surface area contributed by atoms with Crippen LogP contribution in [0.1, 0.15) is 18.9 Å². The number of ether oxygens (including phenoxy) is 1. The highest BCUT2D eigenvalue weighted by Gasteiger charge is 1.96. The molecule has 0 saturated carbocycles. The smallest absolute Gasteiger partial charge is 0.130 e. The van der Waals surface area contributed by atoms with Gasteiger partial charge in [0.25, 0.3) is 0 Å². The lowest BCUT2D eigenvalue weighted by Gasteiger charge is -2.01. The molecule has 0 unspecified atom stereocenters. The van der Waals surface area contributed by atoms with Gasteiger partial charge in [0.05, 0.1) is 0 Å². The van der Waals surface area contributed by atoms with Gasteiger partial charge in [-0.1, -0.05) is 12.1 Å². The average molecular weight is 177 g/mol. The number of hydrogen-bond acceptors (Lipinski definition) is 2. The van der Waals surface area contributed by atoms with Crippen LogP contribution in [0.25, 0.3) is 0 Å². The lowest BCUT2D eigenvalue weighted by molar-refractivity contribution is -0.116. The molecule has 0 saturated heterocycles. The number of aryl methyl sites for hydroxylation is 1.